The van der Waals surface area contributed by atoms with E-state index in [1.165, 1.54) is 97.4 Å². The van der Waals surface area contributed by atoms with Gasteiger partial charge in [0.2, 0.25) is 0 Å². The molecule has 1 N–H and O–H groups in total. The fourth-order valence-corrected chi connectivity index (χ4v) is 5.89. The Hall–Kier alpha value is -0.160. The van der Waals surface area contributed by atoms with Crippen LogP contribution >= 0.6 is 0 Å². The maximum absolute atomic E-state index is 3.48. The molecular weight excluding hydrogens is 320 g/mol. The van der Waals surface area contributed by atoms with Crippen LogP contribution in [0.3, 0.4) is 0 Å². The first-order chi connectivity index (χ1) is 12.4. The molecule has 3 heterocycles. The third-order valence-electron chi connectivity index (χ3n) is 7.91. The smallest absolute Gasteiger partial charge is 0.0125 e. The lowest BCUT2D eigenvalue weighted by molar-refractivity contribution is -0.0902. The predicted octanol–water partition coefficient (Wildman–Crippen LogP) is 2.65. The Morgan fingerprint density at radius 1 is 0.885 bits per heavy atom. The molecule has 1 saturated carbocycles. The Morgan fingerprint density at radius 3 is 2.08 bits per heavy atom. The molecule has 0 radical (unpaired) electrons. The average molecular weight is 363 g/mol. The minimum atomic E-state index is 0.369. The lowest BCUT2D eigenvalue weighted by Crippen LogP contribution is -2.64. The summed E-state index contributed by atoms with van der Waals surface area (Å²) in [6.07, 6.45) is 8.74. The van der Waals surface area contributed by atoms with Crippen molar-refractivity contribution in [2.75, 3.05) is 58.9 Å². The summed E-state index contributed by atoms with van der Waals surface area (Å²) in [5.74, 6) is 0.950. The molecule has 3 aliphatic heterocycles. The van der Waals surface area contributed by atoms with Gasteiger partial charge in [-0.2, -0.15) is 0 Å². The van der Waals surface area contributed by atoms with Gasteiger partial charge in [0.05, 0.1) is 0 Å². The van der Waals surface area contributed by atoms with E-state index in [2.05, 4.69) is 40.8 Å². The van der Waals surface area contributed by atoms with E-state index in [-0.39, 0.29) is 0 Å². The summed E-state index contributed by atoms with van der Waals surface area (Å²) >= 11 is 0. The zero-order valence-corrected chi connectivity index (χ0v) is 17.6. The van der Waals surface area contributed by atoms with Gasteiger partial charge in [-0.15, -0.1) is 0 Å². The number of rotatable bonds is 3. The Labute approximate surface area is 161 Å². The fourth-order valence-electron chi connectivity index (χ4n) is 5.89. The van der Waals surface area contributed by atoms with Crippen molar-refractivity contribution in [3.63, 3.8) is 0 Å². The highest BCUT2D eigenvalue weighted by Gasteiger charge is 2.48. The van der Waals surface area contributed by atoms with E-state index in [1.54, 1.807) is 0 Å². The summed E-state index contributed by atoms with van der Waals surface area (Å²) in [4.78, 5) is 8.25. The van der Waals surface area contributed by atoms with Gasteiger partial charge in [-0.3, -0.25) is 4.90 Å². The molecule has 1 aliphatic carbocycles. The highest BCUT2D eigenvalue weighted by atomic mass is 15.3. The standard InChI is InChI=1S/C22H42N4/c1-21(2,3)26-17-22(18-26)8-4-20(5-9-22)25-12-6-19(7-13-25)16-24-14-10-23-11-15-24/h19-20,23H,4-18H2,1-3H3. The SMILES string of the molecule is CC(C)(C)N1CC2(CCC(N3CCC(CN4CCNCC4)CC3)CC2)C1. The lowest BCUT2D eigenvalue weighted by atomic mass is 9.66. The van der Waals surface area contributed by atoms with Gasteiger partial charge in [-0.05, 0) is 83.7 Å². The molecule has 0 unspecified atom stereocenters. The van der Waals surface area contributed by atoms with Crippen LogP contribution in [0.1, 0.15) is 59.3 Å². The number of nitrogens with zero attached hydrogens (tertiary/aromatic N) is 3. The van der Waals surface area contributed by atoms with Gasteiger partial charge in [0.15, 0.2) is 0 Å². The second kappa shape index (κ2) is 7.69. The van der Waals surface area contributed by atoms with E-state index in [9.17, 15) is 0 Å². The summed E-state index contributed by atoms with van der Waals surface area (Å²) in [5, 5.41) is 3.48. The molecule has 0 atom stereocenters. The van der Waals surface area contributed by atoms with Crippen molar-refractivity contribution in [3.8, 4) is 0 Å². The first kappa shape index (κ1) is 19.2. The topological polar surface area (TPSA) is 21.8 Å². The summed E-state index contributed by atoms with van der Waals surface area (Å²) in [7, 11) is 0. The zero-order chi connectivity index (χ0) is 18.2. The Balaban J connectivity index is 1.17. The van der Waals surface area contributed by atoms with Crippen LogP contribution in [-0.4, -0.2) is 85.2 Å². The number of hydrogen-bond donors (Lipinski definition) is 1. The molecule has 26 heavy (non-hydrogen) atoms. The molecule has 4 nitrogen and oxygen atoms in total. The van der Waals surface area contributed by atoms with Crippen molar-refractivity contribution in [2.24, 2.45) is 11.3 Å². The summed E-state index contributed by atoms with van der Waals surface area (Å²) in [6.45, 7) is 18.8. The maximum atomic E-state index is 3.48. The number of likely N-dealkylation sites (tertiary alicyclic amines) is 2. The number of hydrogen-bond acceptors (Lipinski definition) is 4. The number of piperidine rings is 1. The first-order valence-corrected chi connectivity index (χ1v) is 11.4. The molecule has 4 rings (SSSR count). The van der Waals surface area contributed by atoms with Gasteiger partial charge in [0.1, 0.15) is 0 Å². The molecule has 0 aromatic heterocycles. The van der Waals surface area contributed by atoms with E-state index in [0.717, 1.165) is 12.0 Å². The van der Waals surface area contributed by atoms with Crippen LogP contribution in [0.5, 0.6) is 0 Å². The molecule has 0 aromatic rings. The molecule has 3 saturated heterocycles. The highest BCUT2D eigenvalue weighted by molar-refractivity contribution is 5.02. The van der Waals surface area contributed by atoms with E-state index >= 15 is 0 Å². The van der Waals surface area contributed by atoms with Crippen molar-refractivity contribution in [3.05, 3.63) is 0 Å². The summed E-state index contributed by atoms with van der Waals surface area (Å²) in [5.41, 5.74) is 1.05. The molecule has 0 bridgehead atoms. The Kier molecular flexibility index (Phi) is 5.67. The molecule has 1 spiro atoms. The van der Waals surface area contributed by atoms with Gasteiger partial charge in [0, 0.05) is 57.4 Å². The van der Waals surface area contributed by atoms with Crippen LogP contribution in [0.2, 0.25) is 0 Å². The minimum Gasteiger partial charge on any atom is -0.314 e. The predicted molar refractivity (Wildman–Crippen MR) is 110 cm³/mol. The highest BCUT2D eigenvalue weighted by Crippen LogP contribution is 2.47. The largest absolute Gasteiger partial charge is 0.314 e. The molecule has 0 amide bonds. The third-order valence-corrected chi connectivity index (χ3v) is 7.91. The van der Waals surface area contributed by atoms with Gasteiger partial charge in [-0.25, -0.2) is 0 Å². The summed E-state index contributed by atoms with van der Waals surface area (Å²) < 4.78 is 0. The molecule has 4 fully saturated rings. The van der Waals surface area contributed by atoms with Gasteiger partial charge in [0.25, 0.3) is 0 Å². The van der Waals surface area contributed by atoms with Crippen molar-refractivity contribution in [1.29, 1.82) is 0 Å². The normalized spacial score (nSPS) is 30.6. The average Bonchev–Trinajstić information content (AvgIpc) is 2.61. The van der Waals surface area contributed by atoms with Gasteiger partial charge < -0.3 is 15.1 Å². The lowest BCUT2D eigenvalue weighted by Gasteiger charge is -2.59. The number of piperazine rings is 1. The van der Waals surface area contributed by atoms with Crippen LogP contribution in [0.25, 0.3) is 0 Å². The van der Waals surface area contributed by atoms with Gasteiger partial charge >= 0.3 is 0 Å². The third kappa shape index (κ3) is 4.29. The van der Waals surface area contributed by atoms with E-state index in [0.29, 0.717) is 11.0 Å². The van der Waals surface area contributed by atoms with Crippen LogP contribution in [0, 0.1) is 11.3 Å². The second-order valence-corrected chi connectivity index (χ2v) is 10.8. The van der Waals surface area contributed by atoms with Crippen LogP contribution in [0.4, 0.5) is 0 Å². The molecule has 4 aliphatic rings. The van der Waals surface area contributed by atoms with Crippen molar-refractivity contribution >= 4 is 0 Å². The van der Waals surface area contributed by atoms with E-state index < -0.39 is 0 Å². The van der Waals surface area contributed by atoms with E-state index in [1.807, 2.05) is 0 Å². The Morgan fingerprint density at radius 2 is 1.50 bits per heavy atom. The van der Waals surface area contributed by atoms with Crippen LogP contribution < -0.4 is 5.32 Å². The molecule has 150 valence electrons. The van der Waals surface area contributed by atoms with Crippen molar-refractivity contribution in [1.82, 2.24) is 20.0 Å². The molecule has 0 aromatic carbocycles. The Bertz CT molecular complexity index is 441. The first-order valence-electron chi connectivity index (χ1n) is 11.4. The second-order valence-electron chi connectivity index (χ2n) is 10.8. The maximum Gasteiger partial charge on any atom is 0.0125 e. The summed E-state index contributed by atoms with van der Waals surface area (Å²) in [6, 6.07) is 0.893. The minimum absolute atomic E-state index is 0.369. The van der Waals surface area contributed by atoms with Crippen LogP contribution in [-0.2, 0) is 0 Å². The van der Waals surface area contributed by atoms with Crippen LogP contribution in [0.15, 0.2) is 0 Å². The van der Waals surface area contributed by atoms with Crippen molar-refractivity contribution < 1.29 is 0 Å². The zero-order valence-electron chi connectivity index (χ0n) is 17.6. The monoisotopic (exact) mass is 362 g/mol. The molecular formula is C22H42N4. The van der Waals surface area contributed by atoms with Crippen molar-refractivity contribution in [2.45, 2.75) is 70.9 Å². The van der Waals surface area contributed by atoms with E-state index in [4.69, 9.17) is 0 Å². The van der Waals surface area contributed by atoms with Gasteiger partial charge in [-0.1, -0.05) is 0 Å². The number of nitrogens with one attached hydrogen (secondary N) is 1. The fraction of sp³-hybridized carbons (Fsp3) is 1.00. The molecule has 4 heteroatoms. The quantitative estimate of drug-likeness (QED) is 0.833.